The van der Waals surface area contributed by atoms with E-state index in [1.807, 2.05) is 18.2 Å². The number of aliphatic hydroxyl groups is 1. The second-order valence-corrected chi connectivity index (χ2v) is 7.55. The van der Waals surface area contributed by atoms with Gasteiger partial charge in [-0.25, -0.2) is 0 Å². The van der Waals surface area contributed by atoms with Crippen LogP contribution in [0.3, 0.4) is 0 Å². The Morgan fingerprint density at radius 2 is 2.09 bits per heavy atom. The van der Waals surface area contributed by atoms with Crippen molar-refractivity contribution in [1.82, 2.24) is 10.3 Å². The Labute approximate surface area is 139 Å². The van der Waals surface area contributed by atoms with Crippen LogP contribution in [-0.4, -0.2) is 27.6 Å². The molecule has 0 spiro atoms. The molecule has 1 amide bonds. The SMILES string of the molecule is CC1(O)CC(NC(=O)c2cnc3cc(C4CC4)c(Cl)cc3c2)C1. The quantitative estimate of drug-likeness (QED) is 0.906. The fourth-order valence-electron chi connectivity index (χ4n) is 3.37. The minimum atomic E-state index is -0.647. The molecule has 2 saturated carbocycles. The Bertz CT molecular complexity index is 791. The standard InChI is InChI=1S/C18H19ClN2O2/c1-18(23)7-13(8-18)21-17(22)12-4-11-5-15(19)14(10-2-3-10)6-16(11)20-9-12/h4-6,9-10,13,23H,2-3,7-8H2,1H3,(H,21,22). The summed E-state index contributed by atoms with van der Waals surface area (Å²) in [5.74, 6) is 0.422. The van der Waals surface area contributed by atoms with Crippen molar-refractivity contribution >= 4 is 28.4 Å². The number of nitrogens with one attached hydrogen (secondary N) is 1. The number of amides is 1. The zero-order chi connectivity index (χ0) is 16.2. The van der Waals surface area contributed by atoms with E-state index in [1.165, 1.54) is 18.4 Å². The van der Waals surface area contributed by atoms with Crippen molar-refractivity contribution in [3.05, 3.63) is 40.5 Å². The molecular formula is C18H19ClN2O2. The molecule has 1 heterocycles. The molecule has 120 valence electrons. The van der Waals surface area contributed by atoms with E-state index in [1.54, 1.807) is 13.1 Å². The first-order chi connectivity index (χ1) is 10.9. The molecule has 5 heteroatoms. The number of nitrogens with zero attached hydrogens (tertiary/aromatic N) is 1. The maximum absolute atomic E-state index is 12.3. The van der Waals surface area contributed by atoms with E-state index in [2.05, 4.69) is 10.3 Å². The molecule has 2 N–H and O–H groups in total. The van der Waals surface area contributed by atoms with Gasteiger partial charge in [-0.2, -0.15) is 0 Å². The molecule has 0 bridgehead atoms. The second kappa shape index (κ2) is 5.18. The zero-order valence-electron chi connectivity index (χ0n) is 13.0. The summed E-state index contributed by atoms with van der Waals surface area (Å²) in [5.41, 5.74) is 1.92. The lowest BCUT2D eigenvalue weighted by atomic mass is 9.77. The number of fused-ring (bicyclic) bond motifs is 1. The summed E-state index contributed by atoms with van der Waals surface area (Å²) >= 11 is 6.36. The van der Waals surface area contributed by atoms with Gasteiger partial charge in [0.1, 0.15) is 0 Å². The van der Waals surface area contributed by atoms with E-state index in [0.29, 0.717) is 24.3 Å². The van der Waals surface area contributed by atoms with Crippen molar-refractivity contribution in [2.24, 2.45) is 0 Å². The Morgan fingerprint density at radius 1 is 1.35 bits per heavy atom. The van der Waals surface area contributed by atoms with Crippen molar-refractivity contribution in [3.63, 3.8) is 0 Å². The highest BCUT2D eigenvalue weighted by Gasteiger charge is 2.39. The third kappa shape index (κ3) is 2.93. The lowest BCUT2D eigenvalue weighted by Gasteiger charge is -2.41. The molecule has 4 nitrogen and oxygen atoms in total. The number of benzene rings is 1. The number of halogens is 1. The molecule has 4 rings (SSSR count). The molecule has 1 aromatic heterocycles. The van der Waals surface area contributed by atoms with Gasteiger partial charge in [-0.15, -0.1) is 0 Å². The Morgan fingerprint density at radius 3 is 2.74 bits per heavy atom. The Kier molecular flexibility index (Phi) is 3.36. The molecule has 0 atom stereocenters. The number of hydrogen-bond acceptors (Lipinski definition) is 3. The van der Waals surface area contributed by atoms with Gasteiger partial charge in [-0.3, -0.25) is 9.78 Å². The molecule has 23 heavy (non-hydrogen) atoms. The third-order valence-corrected chi connectivity index (χ3v) is 5.11. The first kappa shape index (κ1) is 14.9. The maximum atomic E-state index is 12.3. The van der Waals surface area contributed by atoms with Gasteiger partial charge in [-0.1, -0.05) is 11.6 Å². The number of aromatic nitrogens is 1. The summed E-state index contributed by atoms with van der Waals surface area (Å²) in [6, 6.07) is 5.81. The van der Waals surface area contributed by atoms with Crippen molar-refractivity contribution in [2.75, 3.05) is 0 Å². The summed E-state index contributed by atoms with van der Waals surface area (Å²) in [6.07, 6.45) is 5.18. The van der Waals surface area contributed by atoms with Crippen LogP contribution in [0.4, 0.5) is 0 Å². The summed E-state index contributed by atoms with van der Waals surface area (Å²) in [6.45, 7) is 1.78. The Balaban J connectivity index is 1.56. The topological polar surface area (TPSA) is 62.2 Å². The van der Waals surface area contributed by atoms with E-state index >= 15 is 0 Å². The number of rotatable bonds is 3. The van der Waals surface area contributed by atoms with Gasteiger partial charge in [-0.05, 0) is 62.3 Å². The van der Waals surface area contributed by atoms with E-state index in [0.717, 1.165) is 15.9 Å². The predicted octanol–water partition coefficient (Wildman–Crippen LogP) is 3.41. The van der Waals surface area contributed by atoms with Crippen molar-refractivity contribution < 1.29 is 9.90 Å². The van der Waals surface area contributed by atoms with E-state index < -0.39 is 5.60 Å². The fraction of sp³-hybridized carbons (Fsp3) is 0.444. The largest absolute Gasteiger partial charge is 0.390 e. The smallest absolute Gasteiger partial charge is 0.253 e. The molecule has 2 aliphatic carbocycles. The van der Waals surface area contributed by atoms with E-state index in [-0.39, 0.29) is 11.9 Å². The third-order valence-electron chi connectivity index (χ3n) is 4.79. The van der Waals surface area contributed by atoms with Crippen LogP contribution in [0.15, 0.2) is 24.4 Å². The summed E-state index contributed by atoms with van der Waals surface area (Å²) < 4.78 is 0. The number of pyridine rings is 1. The lowest BCUT2D eigenvalue weighted by Crippen LogP contribution is -2.53. The highest BCUT2D eigenvalue weighted by atomic mass is 35.5. The summed E-state index contributed by atoms with van der Waals surface area (Å²) in [4.78, 5) is 16.7. The number of carbonyl (C=O) groups excluding carboxylic acids is 1. The van der Waals surface area contributed by atoms with Crippen LogP contribution in [0.2, 0.25) is 5.02 Å². The van der Waals surface area contributed by atoms with E-state index in [9.17, 15) is 9.90 Å². The second-order valence-electron chi connectivity index (χ2n) is 7.14. The van der Waals surface area contributed by atoms with Crippen molar-refractivity contribution in [3.8, 4) is 0 Å². The normalized spacial score (nSPS) is 26.8. The molecular weight excluding hydrogens is 312 g/mol. The van der Waals surface area contributed by atoms with Gasteiger partial charge in [0.15, 0.2) is 0 Å². The van der Waals surface area contributed by atoms with Gasteiger partial charge >= 0.3 is 0 Å². The van der Waals surface area contributed by atoms with Crippen LogP contribution in [0, 0.1) is 0 Å². The average Bonchev–Trinajstić information content (AvgIpc) is 3.28. The summed E-state index contributed by atoms with van der Waals surface area (Å²) in [7, 11) is 0. The Hall–Kier alpha value is -1.65. The van der Waals surface area contributed by atoms with Gasteiger partial charge in [0.2, 0.25) is 0 Å². The average molecular weight is 331 g/mol. The monoisotopic (exact) mass is 330 g/mol. The molecule has 2 fully saturated rings. The van der Waals surface area contributed by atoms with Crippen molar-refractivity contribution in [1.29, 1.82) is 0 Å². The maximum Gasteiger partial charge on any atom is 0.253 e. The highest BCUT2D eigenvalue weighted by molar-refractivity contribution is 6.32. The molecule has 2 aliphatic rings. The fourth-order valence-corrected chi connectivity index (χ4v) is 3.70. The minimum absolute atomic E-state index is 0.0361. The number of carbonyl (C=O) groups is 1. The van der Waals surface area contributed by atoms with Crippen LogP contribution in [0.25, 0.3) is 10.9 Å². The molecule has 0 radical (unpaired) electrons. The molecule has 0 unspecified atom stereocenters. The molecule has 1 aromatic carbocycles. The van der Waals surface area contributed by atoms with Crippen LogP contribution in [0.1, 0.15) is 54.4 Å². The molecule has 0 aliphatic heterocycles. The molecule has 2 aromatic rings. The lowest BCUT2D eigenvalue weighted by molar-refractivity contribution is -0.0366. The minimum Gasteiger partial charge on any atom is -0.390 e. The van der Waals surface area contributed by atoms with Crippen LogP contribution in [0.5, 0.6) is 0 Å². The molecule has 0 saturated heterocycles. The van der Waals surface area contributed by atoms with Gasteiger partial charge in [0.05, 0.1) is 16.7 Å². The summed E-state index contributed by atoms with van der Waals surface area (Å²) in [5, 5.41) is 14.3. The van der Waals surface area contributed by atoms with Crippen LogP contribution in [-0.2, 0) is 0 Å². The van der Waals surface area contributed by atoms with E-state index in [4.69, 9.17) is 11.6 Å². The number of hydrogen-bond donors (Lipinski definition) is 2. The first-order valence-corrected chi connectivity index (χ1v) is 8.41. The van der Waals surface area contributed by atoms with Crippen LogP contribution < -0.4 is 5.32 Å². The van der Waals surface area contributed by atoms with Gasteiger partial charge < -0.3 is 10.4 Å². The van der Waals surface area contributed by atoms with Crippen LogP contribution >= 0.6 is 11.6 Å². The van der Waals surface area contributed by atoms with Gasteiger partial charge in [0, 0.05) is 22.6 Å². The highest BCUT2D eigenvalue weighted by Crippen LogP contribution is 2.44. The van der Waals surface area contributed by atoms with Crippen molar-refractivity contribution in [2.45, 2.75) is 50.2 Å². The first-order valence-electron chi connectivity index (χ1n) is 8.04. The zero-order valence-corrected chi connectivity index (χ0v) is 13.7. The van der Waals surface area contributed by atoms with Gasteiger partial charge in [0.25, 0.3) is 5.91 Å². The predicted molar refractivity (Wildman–Crippen MR) is 89.8 cm³/mol.